The number of fused-ring (bicyclic) bond motifs is 1. The van der Waals surface area contributed by atoms with Crippen LogP contribution in [0, 0.1) is 24.1 Å². The summed E-state index contributed by atoms with van der Waals surface area (Å²) in [7, 11) is 0. The Morgan fingerprint density at radius 3 is 2.63 bits per heavy atom. The molecule has 10 nitrogen and oxygen atoms in total. The molecule has 1 aromatic carbocycles. The van der Waals surface area contributed by atoms with E-state index in [0.29, 0.717) is 43.2 Å². The van der Waals surface area contributed by atoms with Crippen LogP contribution in [0.2, 0.25) is 0 Å². The number of alkyl halides is 2. The van der Waals surface area contributed by atoms with Gasteiger partial charge in [-0.15, -0.1) is 0 Å². The van der Waals surface area contributed by atoms with E-state index >= 15 is 0 Å². The third-order valence-corrected chi connectivity index (χ3v) is 6.33. The molecule has 2 N–H and O–H groups in total. The number of nitrogens with zero attached hydrogens (tertiary/aromatic N) is 6. The molecule has 5 rings (SSSR count). The number of ether oxygens (including phenoxy) is 1. The minimum absolute atomic E-state index is 0.0427. The van der Waals surface area contributed by atoms with Crippen LogP contribution in [0.25, 0.3) is 22.2 Å². The van der Waals surface area contributed by atoms with Crippen molar-refractivity contribution in [2.45, 2.75) is 26.3 Å². The first-order valence-electron chi connectivity index (χ1n) is 11.8. The lowest BCUT2D eigenvalue weighted by atomic mass is 10.0. The molecule has 0 amide bonds. The molecule has 0 spiro atoms. The molecular formula is C25H23F3N8O2. The van der Waals surface area contributed by atoms with Crippen LogP contribution in [0.1, 0.15) is 42.0 Å². The third-order valence-electron chi connectivity index (χ3n) is 6.33. The van der Waals surface area contributed by atoms with Gasteiger partial charge in [-0.25, -0.2) is 27.8 Å². The van der Waals surface area contributed by atoms with Crippen molar-refractivity contribution in [3.63, 3.8) is 0 Å². The molecule has 1 fully saturated rings. The predicted octanol–water partition coefficient (Wildman–Crippen LogP) is 3.58. The number of H-pyrrole nitrogens is 1. The number of hydrogen-bond acceptors (Lipinski definition) is 8. The first-order chi connectivity index (χ1) is 18.3. The normalized spacial score (nSPS) is 14.6. The van der Waals surface area contributed by atoms with Gasteiger partial charge in [0.1, 0.15) is 23.5 Å². The van der Waals surface area contributed by atoms with Crippen molar-refractivity contribution in [2.75, 3.05) is 36.6 Å². The fraction of sp³-hybridized carbons (Fsp3) is 0.320. The number of pyridine rings is 1. The van der Waals surface area contributed by atoms with E-state index in [1.54, 1.807) is 20.0 Å². The number of nitriles is 1. The zero-order chi connectivity index (χ0) is 27.0. The number of benzene rings is 1. The topological polar surface area (TPSA) is 125 Å². The van der Waals surface area contributed by atoms with Crippen LogP contribution < -0.4 is 15.9 Å². The van der Waals surface area contributed by atoms with Gasteiger partial charge >= 0.3 is 0 Å². The second-order valence-corrected chi connectivity index (χ2v) is 8.80. The van der Waals surface area contributed by atoms with Gasteiger partial charge in [0.2, 0.25) is 0 Å². The minimum Gasteiger partial charge on any atom is -0.378 e. The van der Waals surface area contributed by atoms with Gasteiger partial charge in [0, 0.05) is 17.8 Å². The summed E-state index contributed by atoms with van der Waals surface area (Å²) in [5, 5.41) is 21.3. The highest BCUT2D eigenvalue weighted by Gasteiger charge is 2.24. The molecule has 1 saturated heterocycles. The number of aromatic nitrogens is 5. The van der Waals surface area contributed by atoms with E-state index in [0.717, 1.165) is 6.07 Å². The molecule has 3 aromatic heterocycles. The number of morpholine rings is 1. The Morgan fingerprint density at radius 1 is 1.21 bits per heavy atom. The van der Waals surface area contributed by atoms with E-state index in [2.05, 4.69) is 25.5 Å². The number of halogens is 3. The van der Waals surface area contributed by atoms with Crippen molar-refractivity contribution in [1.29, 1.82) is 5.26 Å². The number of rotatable bonds is 6. The highest BCUT2D eigenvalue weighted by molar-refractivity contribution is 5.98. The van der Waals surface area contributed by atoms with Crippen molar-refractivity contribution < 1.29 is 17.9 Å². The van der Waals surface area contributed by atoms with E-state index in [9.17, 15) is 23.2 Å². The van der Waals surface area contributed by atoms with Gasteiger partial charge in [0.15, 0.2) is 5.69 Å². The third kappa shape index (κ3) is 4.54. The number of hydrogen-bond donors (Lipinski definition) is 2. The molecule has 13 heteroatoms. The summed E-state index contributed by atoms with van der Waals surface area (Å²) in [6.07, 6.45) is -1.36. The molecule has 1 aliphatic heterocycles. The number of aryl methyl sites for hydroxylation is 1. The Morgan fingerprint density at radius 2 is 1.95 bits per heavy atom. The molecule has 1 unspecified atom stereocenters. The van der Waals surface area contributed by atoms with Crippen LogP contribution in [-0.2, 0) is 4.74 Å². The summed E-state index contributed by atoms with van der Waals surface area (Å²) in [6, 6.07) is 6.49. The monoisotopic (exact) mass is 524 g/mol. The molecule has 1 atom stereocenters. The van der Waals surface area contributed by atoms with Crippen molar-refractivity contribution in [2.24, 2.45) is 0 Å². The second kappa shape index (κ2) is 10.1. The first kappa shape index (κ1) is 25.2. The van der Waals surface area contributed by atoms with Gasteiger partial charge in [-0.3, -0.25) is 9.89 Å². The molecule has 38 heavy (non-hydrogen) atoms. The molecule has 0 radical (unpaired) electrons. The molecule has 4 aromatic rings. The summed E-state index contributed by atoms with van der Waals surface area (Å²) in [6.45, 7) is 5.02. The van der Waals surface area contributed by atoms with Gasteiger partial charge in [-0.2, -0.15) is 10.4 Å². The zero-order valence-corrected chi connectivity index (χ0v) is 20.5. The van der Waals surface area contributed by atoms with E-state index in [1.165, 1.54) is 22.9 Å². The van der Waals surface area contributed by atoms with Crippen molar-refractivity contribution >= 4 is 16.7 Å². The van der Waals surface area contributed by atoms with Crippen LogP contribution in [0.3, 0.4) is 0 Å². The van der Waals surface area contributed by atoms with Crippen LogP contribution in [-0.4, -0.2) is 51.1 Å². The fourth-order valence-corrected chi connectivity index (χ4v) is 4.48. The van der Waals surface area contributed by atoms with Crippen LogP contribution in [0.15, 0.2) is 35.3 Å². The Balaban J connectivity index is 1.70. The van der Waals surface area contributed by atoms with Crippen molar-refractivity contribution in [3.05, 3.63) is 69.3 Å². The summed E-state index contributed by atoms with van der Waals surface area (Å²) < 4.78 is 48.4. The van der Waals surface area contributed by atoms with E-state index < -0.39 is 23.8 Å². The number of nitrogens with one attached hydrogen (secondary N) is 2. The SMILES string of the molecule is Cc1nc(NC(C)c2cccc(C(F)F)c2F)c2cn(N3CCOCC3)c(=O)c(-c3cc(C#N)n[nH]3)c2n1. The quantitative estimate of drug-likeness (QED) is 0.392. The fourth-order valence-electron chi connectivity index (χ4n) is 4.48. The molecule has 0 saturated carbocycles. The highest BCUT2D eigenvalue weighted by Crippen LogP contribution is 2.32. The van der Waals surface area contributed by atoms with Gasteiger partial charge in [-0.1, -0.05) is 18.2 Å². The molecule has 0 bridgehead atoms. The molecule has 0 aliphatic carbocycles. The van der Waals surface area contributed by atoms with Crippen LogP contribution in [0.5, 0.6) is 0 Å². The van der Waals surface area contributed by atoms with Gasteiger partial charge in [0.05, 0.1) is 60.1 Å². The largest absolute Gasteiger partial charge is 0.378 e. The molecule has 4 heterocycles. The first-order valence-corrected chi connectivity index (χ1v) is 11.8. The van der Waals surface area contributed by atoms with Gasteiger partial charge in [0.25, 0.3) is 12.0 Å². The van der Waals surface area contributed by atoms with E-state index in [-0.39, 0.29) is 33.7 Å². The summed E-state index contributed by atoms with van der Waals surface area (Å²) in [5.74, 6) is -0.395. The number of aromatic amines is 1. The lowest BCUT2D eigenvalue weighted by molar-refractivity contribution is 0.111. The summed E-state index contributed by atoms with van der Waals surface area (Å²) in [5.41, 5.74) is -0.169. The smallest absolute Gasteiger partial charge is 0.280 e. The van der Waals surface area contributed by atoms with Crippen LogP contribution >= 0.6 is 0 Å². The maximum absolute atomic E-state index is 14.9. The summed E-state index contributed by atoms with van der Waals surface area (Å²) in [4.78, 5) is 22.8. The Hall–Kier alpha value is -4.44. The average molecular weight is 525 g/mol. The van der Waals surface area contributed by atoms with Gasteiger partial charge < -0.3 is 15.1 Å². The lowest BCUT2D eigenvalue weighted by Gasteiger charge is -2.31. The van der Waals surface area contributed by atoms with Crippen molar-refractivity contribution in [1.82, 2.24) is 24.8 Å². The molecular weight excluding hydrogens is 501 g/mol. The highest BCUT2D eigenvalue weighted by atomic mass is 19.3. The summed E-state index contributed by atoms with van der Waals surface area (Å²) >= 11 is 0. The Bertz CT molecular complexity index is 1600. The average Bonchev–Trinajstić information content (AvgIpc) is 3.37. The van der Waals surface area contributed by atoms with Gasteiger partial charge in [-0.05, 0) is 13.8 Å². The Kier molecular flexibility index (Phi) is 6.73. The van der Waals surface area contributed by atoms with E-state index in [1.807, 2.05) is 11.1 Å². The molecule has 196 valence electrons. The maximum Gasteiger partial charge on any atom is 0.280 e. The maximum atomic E-state index is 14.9. The minimum atomic E-state index is -2.96. The van der Waals surface area contributed by atoms with Crippen LogP contribution in [0.4, 0.5) is 19.0 Å². The van der Waals surface area contributed by atoms with E-state index in [4.69, 9.17) is 4.74 Å². The predicted molar refractivity (Wildman–Crippen MR) is 133 cm³/mol. The van der Waals surface area contributed by atoms with Crippen molar-refractivity contribution in [3.8, 4) is 17.3 Å². The zero-order valence-electron chi connectivity index (χ0n) is 20.5. The lowest BCUT2D eigenvalue weighted by Crippen LogP contribution is -2.49. The standard InChI is InChI=1S/C25H23F3N8O2/c1-13(16-4-3-5-17(21(16)26)23(27)28)30-24-18-12-36(35-6-8-38-9-7-35)25(37)20(22(18)31-14(2)32-24)19-10-15(11-29)33-34-19/h3-5,10,12-13,23H,6-9H2,1-2H3,(H,33,34)(H,30,31,32). The second-order valence-electron chi connectivity index (χ2n) is 8.80. The number of anilines is 1. The molecule has 1 aliphatic rings. The Labute approximate surface area is 214 Å².